The van der Waals surface area contributed by atoms with Crippen LogP contribution in [0.15, 0.2) is 85.1 Å². The molecule has 188 valence electrons. The summed E-state index contributed by atoms with van der Waals surface area (Å²) < 4.78 is 2.03. The molecule has 0 bridgehead atoms. The van der Waals surface area contributed by atoms with Crippen LogP contribution in [-0.2, 0) is 11.3 Å². The molecule has 0 saturated heterocycles. The lowest BCUT2D eigenvalue weighted by Gasteiger charge is -2.18. The second-order valence-electron chi connectivity index (χ2n) is 9.47. The fourth-order valence-corrected chi connectivity index (χ4v) is 4.26. The van der Waals surface area contributed by atoms with Gasteiger partial charge in [-0.3, -0.25) is 9.59 Å². The summed E-state index contributed by atoms with van der Waals surface area (Å²) in [6.07, 6.45) is 5.76. The number of hydrogen-bond donors (Lipinski definition) is 2. The molecule has 6 heteroatoms. The molecule has 0 radical (unpaired) electrons. The number of benzene rings is 3. The van der Waals surface area contributed by atoms with Crippen LogP contribution in [0.4, 0.5) is 0 Å². The van der Waals surface area contributed by atoms with Crippen molar-refractivity contribution in [1.82, 2.24) is 9.88 Å². The number of aromatic nitrogens is 1. The molecule has 3 aromatic carbocycles. The lowest BCUT2D eigenvalue weighted by molar-refractivity contribution is -0.140. The van der Waals surface area contributed by atoms with Gasteiger partial charge in [0.1, 0.15) is 6.04 Å². The van der Waals surface area contributed by atoms with Gasteiger partial charge in [-0.1, -0.05) is 86.2 Å². The largest absolute Gasteiger partial charge is 0.480 e. The Morgan fingerprint density at radius 2 is 1.68 bits per heavy atom. The van der Waals surface area contributed by atoms with Crippen molar-refractivity contribution in [2.24, 2.45) is 5.92 Å². The van der Waals surface area contributed by atoms with Crippen molar-refractivity contribution >= 4 is 34.6 Å². The Kier molecular flexibility index (Phi) is 7.68. The highest BCUT2D eigenvalue weighted by molar-refractivity contribution is 6.16. The second kappa shape index (κ2) is 11.1. The summed E-state index contributed by atoms with van der Waals surface area (Å²) >= 11 is 0. The number of allylic oxidation sites excluding steroid dienone is 1. The van der Waals surface area contributed by atoms with Gasteiger partial charge in [0.15, 0.2) is 5.78 Å². The average Bonchev–Trinajstić information content (AvgIpc) is 3.25. The van der Waals surface area contributed by atoms with Crippen LogP contribution in [-0.4, -0.2) is 33.4 Å². The van der Waals surface area contributed by atoms with E-state index in [0.29, 0.717) is 23.2 Å². The smallest absolute Gasteiger partial charge is 0.326 e. The predicted molar refractivity (Wildman–Crippen MR) is 146 cm³/mol. The van der Waals surface area contributed by atoms with E-state index < -0.39 is 17.9 Å². The van der Waals surface area contributed by atoms with Gasteiger partial charge in [-0.25, -0.2) is 4.79 Å². The van der Waals surface area contributed by atoms with Crippen molar-refractivity contribution in [2.75, 3.05) is 0 Å². The van der Waals surface area contributed by atoms with E-state index in [1.165, 1.54) is 0 Å². The SMILES string of the molecule is Cc1ccc(C(=O)c2cn(C/C=C/c3cccc(C(=O)N[C@H](C(=O)O)C(C)C)c3)c3ccccc23)cc1. The minimum Gasteiger partial charge on any atom is -0.480 e. The molecule has 1 heterocycles. The summed E-state index contributed by atoms with van der Waals surface area (Å²) in [6.45, 7) is 6.03. The van der Waals surface area contributed by atoms with E-state index in [9.17, 15) is 19.5 Å². The second-order valence-corrected chi connectivity index (χ2v) is 9.47. The number of amides is 1. The third-order valence-electron chi connectivity index (χ3n) is 6.33. The fourth-order valence-electron chi connectivity index (χ4n) is 4.26. The van der Waals surface area contributed by atoms with E-state index in [2.05, 4.69) is 5.32 Å². The number of carboxylic acid groups (broad SMARTS) is 1. The molecule has 0 aliphatic rings. The standard InChI is InChI=1S/C31H30N2O4/c1-20(2)28(31(36)37)32-30(35)24-10-6-8-22(18-24)9-7-17-33-19-26(25-11-4-5-12-27(25)33)29(34)23-15-13-21(3)14-16-23/h4-16,18-20,28H,17H2,1-3H3,(H,32,35)(H,36,37)/b9-7+/t28-/m0/s1. The highest BCUT2D eigenvalue weighted by Crippen LogP contribution is 2.24. The van der Waals surface area contributed by atoms with E-state index in [1.807, 2.05) is 84.4 Å². The number of ketones is 1. The van der Waals surface area contributed by atoms with E-state index in [4.69, 9.17) is 0 Å². The molecule has 6 nitrogen and oxygen atoms in total. The van der Waals surface area contributed by atoms with Crippen molar-refractivity contribution in [1.29, 1.82) is 0 Å². The van der Waals surface area contributed by atoms with Gasteiger partial charge in [-0.15, -0.1) is 0 Å². The fraction of sp³-hybridized carbons (Fsp3) is 0.194. The number of carbonyl (C=O) groups excluding carboxylic acids is 2. The van der Waals surface area contributed by atoms with Crippen LogP contribution in [0.1, 0.15) is 51.3 Å². The Morgan fingerprint density at radius 3 is 2.38 bits per heavy atom. The Bertz CT molecular complexity index is 1480. The van der Waals surface area contributed by atoms with E-state index in [0.717, 1.165) is 22.0 Å². The van der Waals surface area contributed by atoms with Crippen LogP contribution in [0, 0.1) is 12.8 Å². The molecule has 0 fully saturated rings. The minimum absolute atomic E-state index is 0.0151. The van der Waals surface area contributed by atoms with E-state index in [1.54, 1.807) is 32.0 Å². The molecule has 1 amide bonds. The molecule has 0 aliphatic carbocycles. The van der Waals surface area contributed by atoms with Crippen molar-refractivity contribution in [3.8, 4) is 0 Å². The van der Waals surface area contributed by atoms with Gasteiger partial charge >= 0.3 is 5.97 Å². The Hall–Kier alpha value is -4.45. The van der Waals surface area contributed by atoms with Crippen molar-refractivity contribution in [2.45, 2.75) is 33.4 Å². The van der Waals surface area contributed by atoms with Crippen LogP contribution >= 0.6 is 0 Å². The van der Waals surface area contributed by atoms with Crippen molar-refractivity contribution < 1.29 is 19.5 Å². The molecule has 4 aromatic rings. The van der Waals surface area contributed by atoms with Gasteiger partial charge in [-0.05, 0) is 36.6 Å². The van der Waals surface area contributed by atoms with Crippen LogP contribution in [0.2, 0.25) is 0 Å². The maximum Gasteiger partial charge on any atom is 0.326 e. The average molecular weight is 495 g/mol. The van der Waals surface area contributed by atoms with Crippen molar-refractivity contribution in [3.63, 3.8) is 0 Å². The number of carbonyl (C=O) groups is 3. The molecule has 37 heavy (non-hydrogen) atoms. The highest BCUT2D eigenvalue weighted by atomic mass is 16.4. The summed E-state index contributed by atoms with van der Waals surface area (Å²) in [7, 11) is 0. The maximum absolute atomic E-state index is 13.2. The first kappa shape index (κ1) is 25.6. The van der Waals surface area contributed by atoms with Gasteiger partial charge < -0.3 is 15.0 Å². The third kappa shape index (κ3) is 5.86. The van der Waals surface area contributed by atoms with E-state index in [-0.39, 0.29) is 11.7 Å². The maximum atomic E-state index is 13.2. The quantitative estimate of drug-likeness (QED) is 0.291. The normalized spacial score (nSPS) is 12.2. The first-order chi connectivity index (χ1) is 17.7. The van der Waals surface area contributed by atoms with Crippen LogP contribution in [0.5, 0.6) is 0 Å². The molecular weight excluding hydrogens is 464 g/mol. The third-order valence-corrected chi connectivity index (χ3v) is 6.33. The molecular formula is C31H30N2O4. The minimum atomic E-state index is -1.06. The molecule has 0 aliphatic heterocycles. The molecule has 0 saturated carbocycles. The number of nitrogens with one attached hydrogen (secondary N) is 1. The van der Waals surface area contributed by atoms with Crippen molar-refractivity contribution in [3.05, 3.63) is 113 Å². The predicted octanol–water partition coefficient (Wildman–Crippen LogP) is 5.73. The number of hydrogen-bond acceptors (Lipinski definition) is 3. The summed E-state index contributed by atoms with van der Waals surface area (Å²) in [5.74, 6) is -1.73. The number of aryl methyl sites for hydroxylation is 1. The molecule has 0 spiro atoms. The van der Waals surface area contributed by atoms with Crippen LogP contribution in [0.3, 0.4) is 0 Å². The number of para-hydroxylation sites is 1. The molecule has 0 unspecified atom stereocenters. The lowest BCUT2D eigenvalue weighted by atomic mass is 10.0. The number of aliphatic carboxylic acids is 1. The lowest BCUT2D eigenvalue weighted by Crippen LogP contribution is -2.44. The summed E-state index contributed by atoms with van der Waals surface area (Å²) in [5.41, 5.74) is 4.59. The first-order valence-corrected chi connectivity index (χ1v) is 12.2. The van der Waals surface area contributed by atoms with Crippen LogP contribution < -0.4 is 5.32 Å². The van der Waals surface area contributed by atoms with Gasteiger partial charge in [0.2, 0.25) is 0 Å². The molecule has 4 rings (SSSR count). The summed E-state index contributed by atoms with van der Waals surface area (Å²) in [5, 5.41) is 12.8. The topological polar surface area (TPSA) is 88.4 Å². The molecule has 1 atom stereocenters. The highest BCUT2D eigenvalue weighted by Gasteiger charge is 2.24. The Morgan fingerprint density at radius 1 is 0.946 bits per heavy atom. The van der Waals surface area contributed by atoms with Crippen LogP contribution in [0.25, 0.3) is 17.0 Å². The van der Waals surface area contributed by atoms with Gasteiger partial charge in [0, 0.05) is 40.3 Å². The Labute approximate surface area is 216 Å². The number of rotatable bonds is 9. The number of nitrogens with zero attached hydrogens (tertiary/aromatic N) is 1. The molecule has 1 aromatic heterocycles. The number of carboxylic acids is 1. The van der Waals surface area contributed by atoms with E-state index >= 15 is 0 Å². The monoisotopic (exact) mass is 494 g/mol. The number of fused-ring (bicyclic) bond motifs is 1. The first-order valence-electron chi connectivity index (χ1n) is 12.2. The zero-order valence-corrected chi connectivity index (χ0v) is 21.1. The zero-order chi connectivity index (χ0) is 26.5. The van der Waals surface area contributed by atoms with Gasteiger partial charge in [0.05, 0.1) is 0 Å². The van der Waals surface area contributed by atoms with Gasteiger partial charge in [0.25, 0.3) is 5.91 Å². The Balaban J connectivity index is 1.53. The molecule has 2 N–H and O–H groups in total. The summed E-state index contributed by atoms with van der Waals surface area (Å²) in [6, 6.07) is 21.5. The van der Waals surface area contributed by atoms with Gasteiger partial charge in [-0.2, -0.15) is 0 Å². The summed E-state index contributed by atoms with van der Waals surface area (Å²) in [4.78, 5) is 37.3. The zero-order valence-electron chi connectivity index (χ0n) is 21.1.